The number of aromatic nitrogens is 2. The molecular weight excluding hydrogens is 302 g/mol. The standard InChI is InChI=1S/C18H23N5O/c1-13-8-14(2)10-16(9-13)21-17(24)15-11-19-18(20-12-15)23-6-4-22(3)5-7-23/h8-12H,4-7H2,1-3H3,(H,21,24). The third kappa shape index (κ3) is 3.89. The Morgan fingerprint density at radius 3 is 2.17 bits per heavy atom. The second-order valence-corrected chi connectivity index (χ2v) is 6.39. The van der Waals surface area contributed by atoms with Crippen molar-refractivity contribution in [3.05, 3.63) is 47.3 Å². The maximum atomic E-state index is 12.4. The van der Waals surface area contributed by atoms with Gasteiger partial charge in [0, 0.05) is 44.3 Å². The Kier molecular flexibility index (Phi) is 4.76. The minimum absolute atomic E-state index is 0.190. The van der Waals surface area contributed by atoms with Crippen molar-refractivity contribution >= 4 is 17.5 Å². The molecule has 1 aliphatic heterocycles. The smallest absolute Gasteiger partial charge is 0.258 e. The van der Waals surface area contributed by atoms with Crippen LogP contribution in [0.25, 0.3) is 0 Å². The SMILES string of the molecule is Cc1cc(C)cc(NC(=O)c2cnc(N3CCN(C)CC3)nc2)c1. The molecule has 0 spiro atoms. The molecule has 2 aromatic rings. The molecule has 126 valence electrons. The van der Waals surface area contributed by atoms with E-state index in [0.29, 0.717) is 11.5 Å². The molecule has 1 N–H and O–H groups in total. The van der Waals surface area contributed by atoms with Gasteiger partial charge in [0.2, 0.25) is 5.95 Å². The Labute approximate surface area is 142 Å². The van der Waals surface area contributed by atoms with E-state index < -0.39 is 0 Å². The molecule has 1 aromatic heterocycles. The fraction of sp³-hybridized carbons (Fsp3) is 0.389. The number of carbonyl (C=O) groups is 1. The molecule has 0 saturated carbocycles. The molecule has 0 unspecified atom stereocenters. The Hall–Kier alpha value is -2.47. The molecule has 6 nitrogen and oxygen atoms in total. The van der Waals surface area contributed by atoms with E-state index in [2.05, 4.69) is 38.2 Å². The van der Waals surface area contributed by atoms with Crippen LogP contribution in [0.1, 0.15) is 21.5 Å². The average Bonchev–Trinajstić information content (AvgIpc) is 2.55. The molecule has 0 aliphatic carbocycles. The Morgan fingerprint density at radius 1 is 1.00 bits per heavy atom. The minimum atomic E-state index is -0.190. The van der Waals surface area contributed by atoms with Crippen molar-refractivity contribution < 1.29 is 4.79 Å². The van der Waals surface area contributed by atoms with Gasteiger partial charge in [-0.1, -0.05) is 6.07 Å². The van der Waals surface area contributed by atoms with E-state index in [9.17, 15) is 4.79 Å². The number of benzene rings is 1. The van der Waals surface area contributed by atoms with E-state index in [4.69, 9.17) is 0 Å². The number of anilines is 2. The predicted octanol–water partition coefficient (Wildman–Crippen LogP) is 2.10. The van der Waals surface area contributed by atoms with Crippen molar-refractivity contribution in [1.82, 2.24) is 14.9 Å². The molecule has 2 heterocycles. The van der Waals surface area contributed by atoms with Gasteiger partial charge < -0.3 is 15.1 Å². The van der Waals surface area contributed by atoms with E-state index in [0.717, 1.165) is 43.0 Å². The van der Waals surface area contributed by atoms with Crippen LogP contribution < -0.4 is 10.2 Å². The van der Waals surface area contributed by atoms with Crippen LogP contribution in [0.5, 0.6) is 0 Å². The maximum Gasteiger partial charge on any atom is 0.258 e. The van der Waals surface area contributed by atoms with Gasteiger partial charge >= 0.3 is 0 Å². The van der Waals surface area contributed by atoms with Gasteiger partial charge in [-0.15, -0.1) is 0 Å². The first-order chi connectivity index (χ1) is 11.5. The molecule has 1 amide bonds. The summed E-state index contributed by atoms with van der Waals surface area (Å²) in [6, 6.07) is 5.97. The van der Waals surface area contributed by atoms with Crippen molar-refractivity contribution in [3.8, 4) is 0 Å². The van der Waals surface area contributed by atoms with Gasteiger partial charge in [-0.25, -0.2) is 9.97 Å². The largest absolute Gasteiger partial charge is 0.338 e. The zero-order valence-electron chi connectivity index (χ0n) is 14.4. The second-order valence-electron chi connectivity index (χ2n) is 6.39. The number of nitrogens with one attached hydrogen (secondary N) is 1. The van der Waals surface area contributed by atoms with Crippen molar-refractivity contribution in [2.24, 2.45) is 0 Å². The summed E-state index contributed by atoms with van der Waals surface area (Å²) in [5.41, 5.74) is 3.49. The Morgan fingerprint density at radius 2 is 1.58 bits per heavy atom. The summed E-state index contributed by atoms with van der Waals surface area (Å²) in [4.78, 5) is 25.5. The van der Waals surface area contributed by atoms with Crippen LogP contribution in [-0.2, 0) is 0 Å². The molecule has 1 fully saturated rings. The molecule has 0 radical (unpaired) electrons. The van der Waals surface area contributed by atoms with Gasteiger partial charge in [0.1, 0.15) is 0 Å². The lowest BCUT2D eigenvalue weighted by Gasteiger charge is -2.32. The lowest BCUT2D eigenvalue weighted by molar-refractivity contribution is 0.102. The van der Waals surface area contributed by atoms with Crippen molar-refractivity contribution in [2.75, 3.05) is 43.4 Å². The highest BCUT2D eigenvalue weighted by atomic mass is 16.1. The van der Waals surface area contributed by atoms with Crippen LogP contribution in [0.15, 0.2) is 30.6 Å². The van der Waals surface area contributed by atoms with Gasteiger partial charge in [0.15, 0.2) is 0 Å². The first kappa shape index (κ1) is 16.4. The zero-order valence-corrected chi connectivity index (χ0v) is 14.4. The lowest BCUT2D eigenvalue weighted by atomic mass is 10.1. The number of rotatable bonds is 3. The zero-order chi connectivity index (χ0) is 17.1. The molecule has 1 saturated heterocycles. The van der Waals surface area contributed by atoms with E-state index in [1.165, 1.54) is 0 Å². The molecule has 3 rings (SSSR count). The van der Waals surface area contributed by atoms with Crippen LogP contribution in [-0.4, -0.2) is 54.0 Å². The van der Waals surface area contributed by atoms with E-state index in [1.807, 2.05) is 26.0 Å². The number of carbonyl (C=O) groups excluding carboxylic acids is 1. The third-order valence-corrected chi connectivity index (χ3v) is 4.17. The van der Waals surface area contributed by atoms with E-state index in [-0.39, 0.29) is 5.91 Å². The Bertz CT molecular complexity index is 700. The quantitative estimate of drug-likeness (QED) is 0.936. The fourth-order valence-corrected chi connectivity index (χ4v) is 2.86. The summed E-state index contributed by atoms with van der Waals surface area (Å²) < 4.78 is 0. The number of likely N-dealkylation sites (N-methyl/N-ethyl adjacent to an activating group) is 1. The monoisotopic (exact) mass is 325 g/mol. The number of amides is 1. The first-order valence-corrected chi connectivity index (χ1v) is 8.16. The normalized spacial score (nSPS) is 15.4. The summed E-state index contributed by atoms with van der Waals surface area (Å²) >= 11 is 0. The second kappa shape index (κ2) is 6.97. The number of aryl methyl sites for hydroxylation is 2. The summed E-state index contributed by atoms with van der Waals surface area (Å²) in [6.45, 7) is 7.83. The lowest BCUT2D eigenvalue weighted by Crippen LogP contribution is -2.45. The van der Waals surface area contributed by atoms with Crippen LogP contribution in [0, 0.1) is 13.8 Å². The van der Waals surface area contributed by atoms with Crippen molar-refractivity contribution in [3.63, 3.8) is 0 Å². The van der Waals surface area contributed by atoms with Crippen LogP contribution in [0.3, 0.4) is 0 Å². The number of hydrogen-bond acceptors (Lipinski definition) is 5. The summed E-state index contributed by atoms with van der Waals surface area (Å²) in [5.74, 6) is 0.496. The Balaban J connectivity index is 1.67. The van der Waals surface area contributed by atoms with Crippen molar-refractivity contribution in [1.29, 1.82) is 0 Å². The molecule has 24 heavy (non-hydrogen) atoms. The van der Waals surface area contributed by atoms with E-state index in [1.54, 1.807) is 12.4 Å². The molecule has 6 heteroatoms. The minimum Gasteiger partial charge on any atom is -0.338 e. The number of nitrogens with zero attached hydrogens (tertiary/aromatic N) is 4. The average molecular weight is 325 g/mol. The third-order valence-electron chi connectivity index (χ3n) is 4.17. The van der Waals surface area contributed by atoms with Crippen LogP contribution in [0.4, 0.5) is 11.6 Å². The predicted molar refractivity (Wildman–Crippen MR) is 95.6 cm³/mol. The van der Waals surface area contributed by atoms with E-state index >= 15 is 0 Å². The summed E-state index contributed by atoms with van der Waals surface area (Å²) in [7, 11) is 2.11. The van der Waals surface area contributed by atoms with Gasteiger partial charge in [-0.2, -0.15) is 0 Å². The van der Waals surface area contributed by atoms with Gasteiger partial charge in [0.05, 0.1) is 5.56 Å². The van der Waals surface area contributed by atoms with Crippen LogP contribution in [0.2, 0.25) is 0 Å². The first-order valence-electron chi connectivity index (χ1n) is 8.16. The van der Waals surface area contributed by atoms with Crippen molar-refractivity contribution in [2.45, 2.75) is 13.8 Å². The molecule has 1 aliphatic rings. The summed E-state index contributed by atoms with van der Waals surface area (Å²) in [5, 5.41) is 2.91. The highest BCUT2D eigenvalue weighted by Gasteiger charge is 2.17. The molecule has 0 bridgehead atoms. The highest BCUT2D eigenvalue weighted by Crippen LogP contribution is 2.15. The molecule has 0 atom stereocenters. The highest BCUT2D eigenvalue weighted by molar-refractivity contribution is 6.04. The van der Waals surface area contributed by atoms with Gasteiger partial charge in [0.25, 0.3) is 5.91 Å². The van der Waals surface area contributed by atoms with Gasteiger partial charge in [-0.05, 0) is 44.2 Å². The number of piperazine rings is 1. The molecular formula is C18H23N5O. The maximum absolute atomic E-state index is 12.4. The molecule has 1 aromatic carbocycles. The fourth-order valence-electron chi connectivity index (χ4n) is 2.86. The van der Waals surface area contributed by atoms with Crippen LogP contribution >= 0.6 is 0 Å². The summed E-state index contributed by atoms with van der Waals surface area (Å²) in [6.07, 6.45) is 3.19. The van der Waals surface area contributed by atoms with Gasteiger partial charge in [-0.3, -0.25) is 4.79 Å². The number of hydrogen-bond donors (Lipinski definition) is 1. The topological polar surface area (TPSA) is 61.4 Å².